The lowest BCUT2D eigenvalue weighted by Gasteiger charge is -2.05. The summed E-state index contributed by atoms with van der Waals surface area (Å²) in [6.07, 6.45) is 9.10. The molecule has 4 nitrogen and oxygen atoms in total. The monoisotopic (exact) mass is 287 g/mol. The number of carbonyl (C=O) groups excluding carboxylic acids is 1. The van der Waals surface area contributed by atoms with Crippen molar-refractivity contribution in [2.75, 3.05) is 12.3 Å². The van der Waals surface area contributed by atoms with E-state index in [2.05, 4.69) is 17.2 Å². The fraction of sp³-hybridized carbons (Fsp3) is 0.471. The summed E-state index contributed by atoms with van der Waals surface area (Å²) < 4.78 is 0. The number of nitrogen functional groups attached to an aromatic ring is 1. The summed E-state index contributed by atoms with van der Waals surface area (Å²) >= 11 is 0. The molecule has 0 spiro atoms. The van der Waals surface area contributed by atoms with Crippen molar-refractivity contribution >= 4 is 22.5 Å². The molecule has 0 aliphatic carbocycles. The van der Waals surface area contributed by atoms with Crippen molar-refractivity contribution in [1.82, 2.24) is 10.3 Å². The Morgan fingerprint density at radius 2 is 1.95 bits per heavy atom. The van der Waals surface area contributed by atoms with Crippen molar-refractivity contribution < 1.29 is 4.79 Å². The number of amides is 1. The topological polar surface area (TPSA) is 70.9 Å². The zero-order valence-electron chi connectivity index (χ0n) is 12.7. The second-order valence-electron chi connectivity index (χ2n) is 5.53. The van der Waals surface area contributed by atoms with Crippen LogP contribution in [0, 0.1) is 0 Å². The number of hydrogen-bond acceptors (Lipinski definition) is 2. The number of H-pyrrole nitrogens is 1. The standard InChI is InChI=1S/C17H25N3O/c1-2-3-4-5-6-7-10-19-17(21)15-12-20-16-9-8-13(18)11-14(15)16/h8-9,11-12,20H,2-7,10,18H2,1H3,(H,19,21). The van der Waals surface area contributed by atoms with E-state index in [0.717, 1.165) is 23.9 Å². The molecule has 4 N–H and O–H groups in total. The quantitative estimate of drug-likeness (QED) is 0.510. The van der Waals surface area contributed by atoms with Crippen LogP contribution in [-0.2, 0) is 0 Å². The first-order valence-corrected chi connectivity index (χ1v) is 7.87. The van der Waals surface area contributed by atoms with Gasteiger partial charge in [0.25, 0.3) is 5.91 Å². The van der Waals surface area contributed by atoms with E-state index in [1.54, 1.807) is 6.20 Å². The molecule has 0 aliphatic rings. The van der Waals surface area contributed by atoms with Gasteiger partial charge >= 0.3 is 0 Å². The number of carbonyl (C=O) groups is 1. The number of aromatic nitrogens is 1. The molecular formula is C17H25N3O. The fourth-order valence-corrected chi connectivity index (χ4v) is 2.53. The average molecular weight is 287 g/mol. The smallest absolute Gasteiger partial charge is 0.253 e. The molecule has 0 fully saturated rings. The van der Waals surface area contributed by atoms with Gasteiger partial charge in [-0.05, 0) is 24.6 Å². The van der Waals surface area contributed by atoms with Gasteiger partial charge in [-0.3, -0.25) is 4.79 Å². The van der Waals surface area contributed by atoms with Crippen LogP contribution in [-0.4, -0.2) is 17.4 Å². The number of fused-ring (bicyclic) bond motifs is 1. The van der Waals surface area contributed by atoms with Crippen LogP contribution in [0.25, 0.3) is 10.9 Å². The zero-order chi connectivity index (χ0) is 15.1. The summed E-state index contributed by atoms with van der Waals surface area (Å²) in [6, 6.07) is 5.57. The van der Waals surface area contributed by atoms with Crippen LogP contribution in [0.1, 0.15) is 55.8 Å². The molecule has 0 bridgehead atoms. The van der Waals surface area contributed by atoms with E-state index in [1.165, 1.54) is 32.1 Å². The lowest BCUT2D eigenvalue weighted by molar-refractivity contribution is 0.0954. The van der Waals surface area contributed by atoms with Gasteiger partial charge in [-0.1, -0.05) is 39.0 Å². The van der Waals surface area contributed by atoms with Gasteiger partial charge in [0.15, 0.2) is 0 Å². The molecule has 1 aromatic carbocycles. The Labute approximate surface area is 126 Å². The predicted octanol–water partition coefficient (Wildman–Crippen LogP) is 3.84. The summed E-state index contributed by atoms with van der Waals surface area (Å²) in [5.41, 5.74) is 8.07. The van der Waals surface area contributed by atoms with Gasteiger partial charge in [0, 0.05) is 29.3 Å². The fourth-order valence-electron chi connectivity index (χ4n) is 2.53. The second kappa shape index (κ2) is 7.72. The Morgan fingerprint density at radius 1 is 1.19 bits per heavy atom. The van der Waals surface area contributed by atoms with Crippen LogP contribution in [0.5, 0.6) is 0 Å². The van der Waals surface area contributed by atoms with E-state index in [4.69, 9.17) is 5.73 Å². The highest BCUT2D eigenvalue weighted by molar-refractivity contribution is 6.07. The summed E-state index contributed by atoms with van der Waals surface area (Å²) in [7, 11) is 0. The average Bonchev–Trinajstić information content (AvgIpc) is 2.89. The van der Waals surface area contributed by atoms with Crippen molar-refractivity contribution in [2.45, 2.75) is 45.4 Å². The van der Waals surface area contributed by atoms with E-state index >= 15 is 0 Å². The lowest BCUT2D eigenvalue weighted by atomic mass is 10.1. The molecule has 0 radical (unpaired) electrons. The SMILES string of the molecule is CCCCCCCCNC(=O)c1c[nH]c2ccc(N)cc12. The number of anilines is 1. The van der Waals surface area contributed by atoms with Gasteiger partial charge in [0.05, 0.1) is 5.56 Å². The van der Waals surface area contributed by atoms with Crippen LogP contribution in [0.2, 0.25) is 0 Å². The second-order valence-corrected chi connectivity index (χ2v) is 5.53. The molecule has 2 rings (SSSR count). The van der Waals surface area contributed by atoms with Crippen molar-refractivity contribution in [3.63, 3.8) is 0 Å². The van der Waals surface area contributed by atoms with Crippen LogP contribution in [0.4, 0.5) is 5.69 Å². The third kappa shape index (κ3) is 4.25. The minimum Gasteiger partial charge on any atom is -0.399 e. The Balaban J connectivity index is 1.81. The van der Waals surface area contributed by atoms with Gasteiger partial charge in [0.1, 0.15) is 0 Å². The highest BCUT2D eigenvalue weighted by atomic mass is 16.1. The maximum Gasteiger partial charge on any atom is 0.253 e. The molecule has 0 unspecified atom stereocenters. The number of unbranched alkanes of at least 4 members (excludes halogenated alkanes) is 5. The molecule has 21 heavy (non-hydrogen) atoms. The van der Waals surface area contributed by atoms with Gasteiger partial charge in [-0.25, -0.2) is 0 Å². The molecule has 114 valence electrons. The summed E-state index contributed by atoms with van der Waals surface area (Å²) in [5.74, 6) is -0.0274. The van der Waals surface area contributed by atoms with E-state index in [1.807, 2.05) is 18.2 Å². The van der Waals surface area contributed by atoms with Gasteiger partial charge in [-0.15, -0.1) is 0 Å². The zero-order valence-corrected chi connectivity index (χ0v) is 12.7. The molecule has 0 saturated carbocycles. The predicted molar refractivity (Wildman–Crippen MR) is 88.4 cm³/mol. The molecule has 0 atom stereocenters. The van der Waals surface area contributed by atoms with Crippen LogP contribution >= 0.6 is 0 Å². The lowest BCUT2D eigenvalue weighted by Crippen LogP contribution is -2.24. The summed E-state index contributed by atoms with van der Waals surface area (Å²) in [4.78, 5) is 15.3. The molecule has 0 saturated heterocycles. The number of benzene rings is 1. The van der Waals surface area contributed by atoms with Crippen LogP contribution in [0.15, 0.2) is 24.4 Å². The number of hydrogen-bond donors (Lipinski definition) is 3. The van der Waals surface area contributed by atoms with Crippen molar-refractivity contribution in [3.8, 4) is 0 Å². The highest BCUT2D eigenvalue weighted by Gasteiger charge is 2.11. The molecule has 1 heterocycles. The summed E-state index contributed by atoms with van der Waals surface area (Å²) in [5, 5.41) is 3.87. The van der Waals surface area contributed by atoms with Gasteiger partial charge in [0.2, 0.25) is 0 Å². The summed E-state index contributed by atoms with van der Waals surface area (Å²) in [6.45, 7) is 2.95. The maximum absolute atomic E-state index is 12.2. The Bertz CT molecular complexity index is 589. The third-order valence-corrected chi connectivity index (χ3v) is 3.77. The number of aromatic amines is 1. The normalized spacial score (nSPS) is 10.9. The Morgan fingerprint density at radius 3 is 2.76 bits per heavy atom. The third-order valence-electron chi connectivity index (χ3n) is 3.77. The van der Waals surface area contributed by atoms with E-state index in [-0.39, 0.29) is 5.91 Å². The largest absolute Gasteiger partial charge is 0.399 e. The Hall–Kier alpha value is -1.97. The first kappa shape index (κ1) is 15.4. The molecular weight excluding hydrogens is 262 g/mol. The van der Waals surface area contributed by atoms with Crippen molar-refractivity contribution in [2.24, 2.45) is 0 Å². The van der Waals surface area contributed by atoms with Gasteiger partial charge in [-0.2, -0.15) is 0 Å². The molecule has 1 aromatic heterocycles. The molecule has 0 aliphatic heterocycles. The van der Waals surface area contributed by atoms with Crippen molar-refractivity contribution in [1.29, 1.82) is 0 Å². The van der Waals surface area contributed by atoms with Crippen LogP contribution in [0.3, 0.4) is 0 Å². The van der Waals surface area contributed by atoms with Gasteiger partial charge < -0.3 is 16.0 Å². The number of rotatable bonds is 8. The number of nitrogens with one attached hydrogen (secondary N) is 2. The molecule has 4 heteroatoms. The molecule has 1 amide bonds. The first-order chi connectivity index (χ1) is 10.2. The van der Waals surface area contributed by atoms with E-state index in [0.29, 0.717) is 11.3 Å². The maximum atomic E-state index is 12.2. The minimum absolute atomic E-state index is 0.0274. The minimum atomic E-state index is -0.0274. The van der Waals surface area contributed by atoms with E-state index < -0.39 is 0 Å². The first-order valence-electron chi connectivity index (χ1n) is 7.87. The van der Waals surface area contributed by atoms with Crippen molar-refractivity contribution in [3.05, 3.63) is 30.0 Å². The van der Waals surface area contributed by atoms with Crippen LogP contribution < -0.4 is 11.1 Å². The Kier molecular flexibility index (Phi) is 5.67. The van der Waals surface area contributed by atoms with E-state index in [9.17, 15) is 4.79 Å². The molecule has 2 aromatic rings. The highest BCUT2D eigenvalue weighted by Crippen LogP contribution is 2.20. The number of nitrogens with two attached hydrogens (primary N) is 1.